The van der Waals surface area contributed by atoms with Crippen LogP contribution in [0.2, 0.25) is 0 Å². The molecule has 0 radical (unpaired) electrons. The molecule has 0 saturated heterocycles. The van der Waals surface area contributed by atoms with Gasteiger partial charge in [-0.1, -0.05) is 42.5 Å². The Morgan fingerprint density at radius 1 is 1.04 bits per heavy atom. The maximum Gasteiger partial charge on any atom is 0.231 e. The molecule has 0 atom stereocenters. The maximum absolute atomic E-state index is 9.73. The van der Waals surface area contributed by atoms with Crippen molar-refractivity contribution in [2.75, 3.05) is 6.79 Å². The summed E-state index contributed by atoms with van der Waals surface area (Å²) in [4.78, 5) is 4.68. The van der Waals surface area contributed by atoms with Gasteiger partial charge in [-0.15, -0.1) is 11.3 Å². The fourth-order valence-corrected chi connectivity index (χ4v) is 4.05. The van der Waals surface area contributed by atoms with Crippen LogP contribution in [-0.2, 0) is 0 Å². The van der Waals surface area contributed by atoms with Gasteiger partial charge in [0.25, 0.3) is 0 Å². The molecule has 1 aliphatic heterocycles. The van der Waals surface area contributed by atoms with E-state index in [0.717, 1.165) is 39.1 Å². The van der Waals surface area contributed by atoms with Crippen LogP contribution < -0.4 is 9.47 Å². The summed E-state index contributed by atoms with van der Waals surface area (Å²) in [5.74, 6) is 1.46. The van der Waals surface area contributed by atoms with Gasteiger partial charge in [0.15, 0.2) is 11.5 Å². The molecule has 5 rings (SSSR count). The quantitative estimate of drug-likeness (QED) is 0.423. The lowest BCUT2D eigenvalue weighted by atomic mass is 10.0. The molecule has 28 heavy (non-hydrogen) atoms. The fraction of sp³-hybridized carbons (Fsp3) is 0.0435. The number of fused-ring (bicyclic) bond motifs is 2. The summed E-state index contributed by atoms with van der Waals surface area (Å²) < 4.78 is 10.8. The van der Waals surface area contributed by atoms with Crippen LogP contribution in [-0.4, -0.2) is 11.8 Å². The van der Waals surface area contributed by atoms with E-state index < -0.39 is 0 Å². The molecule has 5 heteroatoms. The van der Waals surface area contributed by atoms with Gasteiger partial charge in [-0.2, -0.15) is 5.26 Å². The monoisotopic (exact) mass is 382 g/mol. The number of nitriles is 1. The van der Waals surface area contributed by atoms with Crippen molar-refractivity contribution in [3.63, 3.8) is 0 Å². The van der Waals surface area contributed by atoms with Crippen molar-refractivity contribution in [2.24, 2.45) is 0 Å². The topological polar surface area (TPSA) is 55.1 Å². The largest absolute Gasteiger partial charge is 0.454 e. The number of rotatable bonds is 3. The van der Waals surface area contributed by atoms with Crippen LogP contribution >= 0.6 is 11.3 Å². The zero-order chi connectivity index (χ0) is 18.9. The van der Waals surface area contributed by atoms with E-state index in [4.69, 9.17) is 9.47 Å². The second-order valence-electron chi connectivity index (χ2n) is 6.34. The average molecular weight is 382 g/mol. The highest BCUT2D eigenvalue weighted by atomic mass is 32.1. The molecule has 0 spiro atoms. The molecule has 0 fully saturated rings. The van der Waals surface area contributed by atoms with Crippen LogP contribution in [0, 0.1) is 11.3 Å². The first kappa shape index (κ1) is 16.5. The van der Waals surface area contributed by atoms with E-state index in [2.05, 4.69) is 29.3 Å². The smallest absolute Gasteiger partial charge is 0.231 e. The maximum atomic E-state index is 9.73. The predicted octanol–water partition coefficient (Wildman–Crippen LogP) is 5.76. The molecular weight excluding hydrogens is 368 g/mol. The molecule has 4 aromatic rings. The minimum atomic E-state index is 0.244. The van der Waals surface area contributed by atoms with Crippen LogP contribution in [0.25, 0.3) is 33.7 Å². The van der Waals surface area contributed by atoms with E-state index >= 15 is 0 Å². The summed E-state index contributed by atoms with van der Waals surface area (Å²) in [7, 11) is 0. The van der Waals surface area contributed by atoms with Gasteiger partial charge < -0.3 is 9.47 Å². The van der Waals surface area contributed by atoms with Gasteiger partial charge >= 0.3 is 0 Å². The zero-order valence-electron chi connectivity index (χ0n) is 14.8. The Kier molecular flexibility index (Phi) is 4.04. The number of aromatic nitrogens is 1. The Labute approximate surface area is 165 Å². The summed E-state index contributed by atoms with van der Waals surface area (Å²) in [5.41, 5.74) is 3.31. The number of ether oxygens (including phenoxy) is 2. The van der Waals surface area contributed by atoms with E-state index in [1.165, 1.54) is 11.3 Å². The zero-order valence-corrected chi connectivity index (χ0v) is 15.6. The van der Waals surface area contributed by atoms with Crippen molar-refractivity contribution < 1.29 is 9.47 Å². The highest BCUT2D eigenvalue weighted by Crippen LogP contribution is 2.37. The van der Waals surface area contributed by atoms with Crippen LogP contribution in [0.5, 0.6) is 11.5 Å². The highest BCUT2D eigenvalue weighted by molar-refractivity contribution is 7.11. The van der Waals surface area contributed by atoms with Crippen LogP contribution in [0.3, 0.4) is 0 Å². The molecule has 0 N–H and O–H groups in total. The molecular formula is C23H14N2O2S. The second-order valence-corrected chi connectivity index (χ2v) is 7.20. The van der Waals surface area contributed by atoms with E-state index in [1.54, 1.807) is 0 Å². The van der Waals surface area contributed by atoms with Gasteiger partial charge in [0.1, 0.15) is 11.1 Å². The second kappa shape index (κ2) is 6.84. The van der Waals surface area contributed by atoms with Crippen molar-refractivity contribution in [1.29, 1.82) is 5.26 Å². The Morgan fingerprint density at radius 3 is 2.82 bits per heavy atom. The van der Waals surface area contributed by atoms with Gasteiger partial charge in [-0.05, 0) is 40.6 Å². The molecule has 134 valence electrons. The van der Waals surface area contributed by atoms with E-state index in [1.807, 2.05) is 53.9 Å². The minimum absolute atomic E-state index is 0.244. The molecule has 1 aliphatic rings. The third-order valence-corrected chi connectivity index (χ3v) is 5.52. The molecule has 0 amide bonds. The first-order chi connectivity index (χ1) is 13.8. The summed E-state index contributed by atoms with van der Waals surface area (Å²) in [5, 5.41) is 14.7. The number of allylic oxidation sites excluding steroid dienone is 1. The van der Waals surface area contributed by atoms with Crippen molar-refractivity contribution in [3.8, 4) is 28.8 Å². The third-order valence-electron chi connectivity index (χ3n) is 4.65. The first-order valence-corrected chi connectivity index (χ1v) is 9.65. The number of nitrogens with zero attached hydrogens (tertiary/aromatic N) is 2. The standard InChI is InChI=1S/C23H14N2O2S/c24-12-18(10-16-6-3-5-15-4-1-2-7-19(15)16)23-25-20(13-28-23)17-8-9-21-22(11-17)27-14-26-21/h1-11,13H,14H2. The molecule has 0 aliphatic carbocycles. The molecule has 4 nitrogen and oxygen atoms in total. The average Bonchev–Trinajstić information content (AvgIpc) is 3.41. The number of hydrogen-bond donors (Lipinski definition) is 0. The Balaban J connectivity index is 1.53. The lowest BCUT2D eigenvalue weighted by Crippen LogP contribution is -1.92. The molecule has 0 unspecified atom stereocenters. The van der Waals surface area contributed by atoms with Crippen molar-refractivity contribution in [2.45, 2.75) is 0 Å². The Morgan fingerprint density at radius 2 is 1.89 bits per heavy atom. The molecule has 0 saturated carbocycles. The number of hydrogen-bond acceptors (Lipinski definition) is 5. The van der Waals surface area contributed by atoms with Gasteiger partial charge in [0.05, 0.1) is 11.3 Å². The van der Waals surface area contributed by atoms with Crippen molar-refractivity contribution >= 4 is 33.8 Å². The lowest BCUT2D eigenvalue weighted by Gasteiger charge is -2.02. The van der Waals surface area contributed by atoms with Crippen LogP contribution in [0.15, 0.2) is 66.0 Å². The Bertz CT molecular complexity index is 1260. The first-order valence-electron chi connectivity index (χ1n) is 8.77. The summed E-state index contributed by atoms with van der Waals surface area (Å²) in [6, 6.07) is 22.3. The lowest BCUT2D eigenvalue weighted by molar-refractivity contribution is 0.174. The normalized spacial score (nSPS) is 12.9. The summed E-state index contributed by atoms with van der Waals surface area (Å²) >= 11 is 1.46. The van der Waals surface area contributed by atoms with Gasteiger partial charge in [-0.3, -0.25) is 0 Å². The van der Waals surface area contributed by atoms with Gasteiger partial charge in [-0.25, -0.2) is 4.98 Å². The predicted molar refractivity (Wildman–Crippen MR) is 111 cm³/mol. The van der Waals surface area contributed by atoms with E-state index in [0.29, 0.717) is 10.6 Å². The van der Waals surface area contributed by atoms with Crippen LogP contribution in [0.4, 0.5) is 0 Å². The van der Waals surface area contributed by atoms with Gasteiger partial charge in [0.2, 0.25) is 6.79 Å². The number of thiazole rings is 1. The van der Waals surface area contributed by atoms with Crippen molar-refractivity contribution in [1.82, 2.24) is 4.98 Å². The molecule has 3 aromatic carbocycles. The van der Waals surface area contributed by atoms with E-state index in [-0.39, 0.29) is 6.79 Å². The Hall–Kier alpha value is -3.62. The number of benzene rings is 3. The SMILES string of the molecule is N#CC(=Cc1cccc2ccccc12)c1nc(-c2ccc3c(c2)OCO3)cs1. The minimum Gasteiger partial charge on any atom is -0.454 e. The van der Waals surface area contributed by atoms with Crippen molar-refractivity contribution in [3.05, 3.63) is 76.6 Å². The molecule has 1 aromatic heterocycles. The molecule has 2 heterocycles. The summed E-state index contributed by atoms with van der Waals surface area (Å²) in [6.45, 7) is 0.244. The molecule has 0 bridgehead atoms. The van der Waals surface area contributed by atoms with E-state index in [9.17, 15) is 5.26 Å². The highest BCUT2D eigenvalue weighted by Gasteiger charge is 2.16. The van der Waals surface area contributed by atoms with Crippen LogP contribution in [0.1, 0.15) is 10.6 Å². The summed E-state index contributed by atoms with van der Waals surface area (Å²) in [6.07, 6.45) is 1.91. The third kappa shape index (κ3) is 2.90. The fourth-order valence-electron chi connectivity index (χ4n) is 3.26. The van der Waals surface area contributed by atoms with Gasteiger partial charge in [0, 0.05) is 10.9 Å².